The molecule has 1 aliphatic heterocycles. The molecule has 3 aromatic carbocycles. The molecule has 0 aliphatic carbocycles. The fraction of sp³-hybridized carbons (Fsp3) is 0.0833. The standard InChI is InChI=1S/C24H17F2NO2S/c25-19-12-10-17(11-13-19)21-22(30-15-16-6-2-1-3-7-16)24(29)27(23(21)28)14-18-8-4-5-9-20(18)26/h1-13H,14-15H2. The van der Waals surface area contributed by atoms with E-state index in [0.717, 1.165) is 10.5 Å². The van der Waals surface area contributed by atoms with Crippen molar-refractivity contribution in [1.29, 1.82) is 0 Å². The van der Waals surface area contributed by atoms with Gasteiger partial charge in [-0.1, -0.05) is 60.7 Å². The lowest BCUT2D eigenvalue weighted by atomic mass is 10.1. The highest BCUT2D eigenvalue weighted by molar-refractivity contribution is 8.03. The van der Waals surface area contributed by atoms with E-state index in [4.69, 9.17) is 0 Å². The Labute approximate surface area is 177 Å². The third-order valence-electron chi connectivity index (χ3n) is 4.77. The van der Waals surface area contributed by atoms with E-state index in [-0.39, 0.29) is 22.6 Å². The molecule has 0 bridgehead atoms. The maximum atomic E-state index is 14.1. The summed E-state index contributed by atoms with van der Waals surface area (Å²) in [6, 6.07) is 21.1. The van der Waals surface area contributed by atoms with Crippen molar-refractivity contribution in [3.63, 3.8) is 0 Å². The van der Waals surface area contributed by atoms with Gasteiger partial charge in [-0.3, -0.25) is 14.5 Å². The van der Waals surface area contributed by atoms with Gasteiger partial charge in [0.1, 0.15) is 11.6 Å². The Morgan fingerprint density at radius 2 is 1.43 bits per heavy atom. The van der Waals surface area contributed by atoms with Crippen LogP contribution in [0.3, 0.4) is 0 Å². The molecule has 0 aromatic heterocycles. The highest BCUT2D eigenvalue weighted by Crippen LogP contribution is 2.38. The van der Waals surface area contributed by atoms with Gasteiger partial charge in [0.05, 0.1) is 17.0 Å². The Bertz CT molecular complexity index is 1130. The van der Waals surface area contributed by atoms with Crippen molar-refractivity contribution in [3.8, 4) is 0 Å². The Morgan fingerprint density at radius 1 is 0.767 bits per heavy atom. The van der Waals surface area contributed by atoms with Crippen LogP contribution in [0.15, 0.2) is 83.8 Å². The fourth-order valence-electron chi connectivity index (χ4n) is 3.23. The van der Waals surface area contributed by atoms with Gasteiger partial charge in [-0.25, -0.2) is 8.78 Å². The first-order valence-corrected chi connectivity index (χ1v) is 10.3. The van der Waals surface area contributed by atoms with Gasteiger partial charge in [0, 0.05) is 11.3 Å². The van der Waals surface area contributed by atoms with Crippen LogP contribution < -0.4 is 0 Å². The van der Waals surface area contributed by atoms with Gasteiger partial charge in [0.25, 0.3) is 11.8 Å². The lowest BCUT2D eigenvalue weighted by Crippen LogP contribution is -2.31. The van der Waals surface area contributed by atoms with E-state index in [9.17, 15) is 18.4 Å². The van der Waals surface area contributed by atoms with Gasteiger partial charge in [-0.15, -0.1) is 11.8 Å². The minimum absolute atomic E-state index is 0.162. The lowest BCUT2D eigenvalue weighted by Gasteiger charge is -2.15. The van der Waals surface area contributed by atoms with Crippen molar-refractivity contribution in [2.24, 2.45) is 0 Å². The molecule has 0 radical (unpaired) electrons. The molecule has 150 valence electrons. The summed E-state index contributed by atoms with van der Waals surface area (Å²) in [4.78, 5) is 27.6. The van der Waals surface area contributed by atoms with E-state index in [1.165, 1.54) is 42.1 Å². The molecule has 0 N–H and O–H groups in total. The summed E-state index contributed by atoms with van der Waals surface area (Å²) >= 11 is 1.25. The van der Waals surface area contributed by atoms with E-state index in [1.807, 2.05) is 30.3 Å². The molecule has 4 rings (SSSR count). The summed E-state index contributed by atoms with van der Waals surface area (Å²) in [5.41, 5.74) is 1.94. The topological polar surface area (TPSA) is 37.4 Å². The van der Waals surface area contributed by atoms with Crippen molar-refractivity contribution in [1.82, 2.24) is 4.90 Å². The van der Waals surface area contributed by atoms with E-state index >= 15 is 0 Å². The summed E-state index contributed by atoms with van der Waals surface area (Å²) in [6.07, 6.45) is 0. The van der Waals surface area contributed by atoms with E-state index in [2.05, 4.69) is 0 Å². The van der Waals surface area contributed by atoms with Gasteiger partial charge >= 0.3 is 0 Å². The summed E-state index contributed by atoms with van der Waals surface area (Å²) in [5, 5.41) is 0. The third kappa shape index (κ3) is 4.04. The number of rotatable bonds is 6. The zero-order valence-corrected chi connectivity index (χ0v) is 16.7. The maximum absolute atomic E-state index is 14.1. The largest absolute Gasteiger partial charge is 0.269 e. The van der Waals surface area contributed by atoms with Crippen LogP contribution in [0.25, 0.3) is 5.57 Å². The quantitative estimate of drug-likeness (QED) is 0.515. The van der Waals surface area contributed by atoms with Gasteiger partial charge in [0.2, 0.25) is 0 Å². The number of carbonyl (C=O) groups is 2. The number of halogens is 2. The summed E-state index contributed by atoms with van der Waals surface area (Å²) in [7, 11) is 0. The number of thioether (sulfide) groups is 1. The Hall–Kier alpha value is -3.25. The van der Waals surface area contributed by atoms with Crippen molar-refractivity contribution in [3.05, 3.63) is 112 Å². The molecule has 30 heavy (non-hydrogen) atoms. The molecule has 3 nitrogen and oxygen atoms in total. The van der Waals surface area contributed by atoms with Crippen LogP contribution in [-0.2, 0) is 21.9 Å². The smallest absolute Gasteiger partial charge is 0.268 e. The van der Waals surface area contributed by atoms with Crippen LogP contribution in [0.5, 0.6) is 0 Å². The molecule has 0 saturated heterocycles. The highest BCUT2D eigenvalue weighted by atomic mass is 32.2. The minimum Gasteiger partial charge on any atom is -0.269 e. The number of hydrogen-bond acceptors (Lipinski definition) is 3. The van der Waals surface area contributed by atoms with Crippen LogP contribution in [0.2, 0.25) is 0 Å². The molecule has 0 saturated carbocycles. The molecule has 3 aromatic rings. The van der Waals surface area contributed by atoms with Crippen LogP contribution in [0.1, 0.15) is 16.7 Å². The molecular formula is C24H17F2NO2S. The first-order valence-electron chi connectivity index (χ1n) is 9.31. The first-order chi connectivity index (χ1) is 14.5. The van der Waals surface area contributed by atoms with E-state index < -0.39 is 23.4 Å². The molecule has 1 heterocycles. The molecule has 0 fully saturated rings. The molecule has 1 aliphatic rings. The molecule has 0 spiro atoms. The van der Waals surface area contributed by atoms with Gasteiger partial charge < -0.3 is 0 Å². The third-order valence-corrected chi connectivity index (χ3v) is 5.92. The second kappa shape index (κ2) is 8.63. The van der Waals surface area contributed by atoms with Crippen molar-refractivity contribution < 1.29 is 18.4 Å². The maximum Gasteiger partial charge on any atom is 0.268 e. The van der Waals surface area contributed by atoms with Crippen LogP contribution in [0.4, 0.5) is 8.78 Å². The predicted molar refractivity (Wildman–Crippen MR) is 113 cm³/mol. The Kier molecular flexibility index (Phi) is 5.77. The molecule has 0 unspecified atom stereocenters. The summed E-state index contributed by atoms with van der Waals surface area (Å²) in [5.74, 6) is -1.40. The number of imide groups is 1. The number of amides is 2. The second-order valence-corrected chi connectivity index (χ2v) is 7.76. The lowest BCUT2D eigenvalue weighted by molar-refractivity contribution is -0.137. The normalized spacial score (nSPS) is 14.0. The molecule has 2 amide bonds. The van der Waals surface area contributed by atoms with Gasteiger partial charge in [-0.2, -0.15) is 0 Å². The molecular weight excluding hydrogens is 404 g/mol. The van der Waals surface area contributed by atoms with Gasteiger partial charge in [-0.05, 0) is 29.3 Å². The Morgan fingerprint density at radius 3 is 2.13 bits per heavy atom. The van der Waals surface area contributed by atoms with E-state index in [0.29, 0.717) is 11.3 Å². The van der Waals surface area contributed by atoms with Gasteiger partial charge in [0.15, 0.2) is 0 Å². The predicted octanol–water partition coefficient (Wildman–Crippen LogP) is 5.18. The average Bonchev–Trinajstić information content (AvgIpc) is 2.99. The van der Waals surface area contributed by atoms with Crippen molar-refractivity contribution >= 4 is 29.1 Å². The van der Waals surface area contributed by atoms with Crippen LogP contribution >= 0.6 is 11.8 Å². The van der Waals surface area contributed by atoms with Crippen molar-refractivity contribution in [2.75, 3.05) is 0 Å². The second-order valence-electron chi connectivity index (χ2n) is 6.77. The zero-order chi connectivity index (χ0) is 21.1. The fourth-order valence-corrected chi connectivity index (χ4v) is 4.32. The van der Waals surface area contributed by atoms with Crippen LogP contribution in [-0.4, -0.2) is 16.7 Å². The summed E-state index contributed by atoms with van der Waals surface area (Å²) < 4.78 is 27.5. The Balaban J connectivity index is 1.68. The number of hydrogen-bond donors (Lipinski definition) is 0. The summed E-state index contributed by atoms with van der Waals surface area (Å²) in [6.45, 7) is -0.162. The first kappa shape index (κ1) is 20.0. The number of carbonyl (C=O) groups excluding carboxylic acids is 2. The average molecular weight is 421 g/mol. The zero-order valence-electron chi connectivity index (χ0n) is 15.8. The number of benzene rings is 3. The number of nitrogens with zero attached hydrogens (tertiary/aromatic N) is 1. The molecule has 6 heteroatoms. The minimum atomic E-state index is -0.509. The monoisotopic (exact) mass is 421 g/mol. The SMILES string of the molecule is O=C1C(SCc2ccccc2)=C(c2ccc(F)cc2)C(=O)N1Cc1ccccc1F. The van der Waals surface area contributed by atoms with E-state index in [1.54, 1.807) is 18.2 Å². The van der Waals surface area contributed by atoms with Crippen LogP contribution in [0, 0.1) is 11.6 Å². The highest BCUT2D eigenvalue weighted by Gasteiger charge is 2.39. The van der Waals surface area contributed by atoms with Crippen molar-refractivity contribution in [2.45, 2.75) is 12.3 Å². The molecule has 0 atom stereocenters.